The Balaban J connectivity index is 1.72. The predicted molar refractivity (Wildman–Crippen MR) is 150 cm³/mol. The molecule has 1 N–H and O–H groups in total. The highest BCUT2D eigenvalue weighted by atomic mass is 19.3. The zero-order chi connectivity index (χ0) is 28.1. The fourth-order valence-corrected chi connectivity index (χ4v) is 4.45. The van der Waals surface area contributed by atoms with Gasteiger partial charge in [-0.15, -0.1) is 0 Å². The number of carbonyl (C=O) groups is 1. The molecule has 0 fully saturated rings. The Labute approximate surface area is 226 Å². The van der Waals surface area contributed by atoms with E-state index in [1.54, 1.807) is 25.4 Å². The highest BCUT2D eigenvalue weighted by Gasteiger charge is 2.18. The maximum Gasteiger partial charge on any atom is 0.275 e. The molecule has 4 rings (SSSR count). The highest BCUT2D eigenvalue weighted by Crippen LogP contribution is 2.35. The Morgan fingerprint density at radius 2 is 1.90 bits per heavy atom. The van der Waals surface area contributed by atoms with Gasteiger partial charge in [-0.1, -0.05) is 18.2 Å². The molecule has 0 atom stereocenters. The third-order valence-electron chi connectivity index (χ3n) is 6.42. The molecule has 0 radical (unpaired) electrons. The van der Waals surface area contributed by atoms with Crippen molar-refractivity contribution in [3.05, 3.63) is 78.4 Å². The van der Waals surface area contributed by atoms with Crippen molar-refractivity contribution in [2.24, 2.45) is 7.05 Å². The molecule has 8 nitrogen and oxygen atoms in total. The van der Waals surface area contributed by atoms with Gasteiger partial charge in [-0.3, -0.25) is 4.79 Å². The first-order valence-electron chi connectivity index (χ1n) is 12.4. The molecule has 0 aliphatic rings. The van der Waals surface area contributed by atoms with Crippen molar-refractivity contribution in [1.82, 2.24) is 19.4 Å². The Hall–Kier alpha value is -4.31. The molecule has 10 heteroatoms. The summed E-state index contributed by atoms with van der Waals surface area (Å²) < 4.78 is 33.3. The number of carbonyl (C=O) groups excluding carboxylic acids is 1. The number of nitrogens with one attached hydrogen (secondary N) is 1. The van der Waals surface area contributed by atoms with E-state index >= 15 is 0 Å². The third kappa shape index (κ3) is 6.58. The number of methoxy groups -OCH3 is 1. The van der Waals surface area contributed by atoms with Crippen LogP contribution >= 0.6 is 0 Å². The van der Waals surface area contributed by atoms with Gasteiger partial charge < -0.3 is 24.4 Å². The summed E-state index contributed by atoms with van der Waals surface area (Å²) in [4.78, 5) is 25.5. The lowest BCUT2D eigenvalue weighted by Gasteiger charge is -2.25. The van der Waals surface area contributed by atoms with Gasteiger partial charge in [0.05, 0.1) is 30.3 Å². The highest BCUT2D eigenvalue weighted by molar-refractivity contribution is 6.02. The van der Waals surface area contributed by atoms with Crippen LogP contribution < -0.4 is 15.0 Å². The first-order chi connectivity index (χ1) is 18.7. The topological polar surface area (TPSA) is 75.5 Å². The van der Waals surface area contributed by atoms with Crippen molar-refractivity contribution >= 4 is 28.2 Å². The van der Waals surface area contributed by atoms with Gasteiger partial charge in [-0.05, 0) is 32.3 Å². The number of anilines is 2. The van der Waals surface area contributed by atoms with Crippen molar-refractivity contribution in [3.8, 4) is 17.0 Å². The van der Waals surface area contributed by atoms with Crippen LogP contribution in [0.25, 0.3) is 22.2 Å². The number of hydrogen-bond acceptors (Lipinski definition) is 6. The van der Waals surface area contributed by atoms with E-state index in [1.165, 1.54) is 0 Å². The molecule has 39 heavy (non-hydrogen) atoms. The lowest BCUT2D eigenvalue weighted by molar-refractivity contribution is -0.112. The zero-order valence-electron chi connectivity index (χ0n) is 22.7. The molecule has 0 saturated carbocycles. The number of aryl methyl sites for hydroxylation is 1. The molecular weight excluding hydrogens is 502 g/mol. The van der Waals surface area contributed by atoms with Gasteiger partial charge in [-0.25, -0.2) is 9.97 Å². The van der Waals surface area contributed by atoms with Gasteiger partial charge in [0, 0.05) is 74.1 Å². The van der Waals surface area contributed by atoms with E-state index in [9.17, 15) is 13.6 Å². The number of ether oxygens (including phenoxy) is 1. The molecule has 1 amide bonds. The van der Waals surface area contributed by atoms with Crippen LogP contribution in [0, 0.1) is 0 Å². The number of benzene rings is 2. The average Bonchev–Trinajstić information content (AvgIpc) is 3.23. The number of rotatable bonds is 10. The summed E-state index contributed by atoms with van der Waals surface area (Å²) in [5.74, 6) is 0.216. The molecule has 4 aromatic rings. The lowest BCUT2D eigenvalue weighted by Crippen LogP contribution is -2.29. The minimum atomic E-state index is -2.07. The summed E-state index contributed by atoms with van der Waals surface area (Å²) in [6.45, 7) is 1.39. The fraction of sp³-hybridized carbons (Fsp3) is 0.276. The fourth-order valence-electron chi connectivity index (χ4n) is 4.45. The average molecular weight is 535 g/mol. The summed E-state index contributed by atoms with van der Waals surface area (Å²) in [5, 5.41) is 3.69. The Morgan fingerprint density at radius 1 is 1.13 bits per heavy atom. The quantitative estimate of drug-likeness (QED) is 0.290. The van der Waals surface area contributed by atoms with Gasteiger partial charge in [-0.2, -0.15) is 8.78 Å². The summed E-state index contributed by atoms with van der Waals surface area (Å²) in [6.07, 6.45) is 2.26. The van der Waals surface area contributed by atoms with E-state index in [4.69, 9.17) is 9.72 Å². The van der Waals surface area contributed by atoms with Crippen LogP contribution in [-0.4, -0.2) is 66.7 Å². The van der Waals surface area contributed by atoms with Gasteiger partial charge >= 0.3 is 0 Å². The number of nitrogens with zero attached hydrogens (tertiary/aromatic N) is 5. The molecule has 204 valence electrons. The first kappa shape index (κ1) is 27.7. The molecule has 0 saturated heterocycles. The van der Waals surface area contributed by atoms with Crippen molar-refractivity contribution < 1.29 is 18.3 Å². The number of fused-ring (bicyclic) bond motifs is 1. The molecular formula is C29H32F2N6O2. The maximum atomic E-state index is 12.8. The van der Waals surface area contributed by atoms with Gasteiger partial charge in [0.2, 0.25) is 0 Å². The second kappa shape index (κ2) is 12.0. The summed E-state index contributed by atoms with van der Waals surface area (Å²) in [7, 11) is 9.35. The molecule has 2 aromatic carbocycles. The standard InChI is InChI=1S/C29H32F2N6O2/c1-35(2)12-13-36(3)25-16-26(39-5)19(14-23(25)34-29(38)17-27(30)31)15-28-32-11-10-22(33-28)21-18-37(4)24-9-7-6-8-20(21)24/h6-11,14,16-18H,12-13,15H2,1-5H3,(H,34,38). The minimum absolute atomic E-state index is 0.268. The smallest absolute Gasteiger partial charge is 0.275 e. The van der Waals surface area contributed by atoms with Crippen LogP contribution in [0.2, 0.25) is 0 Å². The van der Waals surface area contributed by atoms with E-state index in [0.717, 1.165) is 28.7 Å². The van der Waals surface area contributed by atoms with Crippen molar-refractivity contribution in [2.75, 3.05) is 51.6 Å². The number of amides is 1. The Kier molecular flexibility index (Phi) is 8.55. The van der Waals surface area contributed by atoms with Crippen LogP contribution in [0.15, 0.2) is 67.0 Å². The monoisotopic (exact) mass is 534 g/mol. The second-order valence-electron chi connectivity index (χ2n) is 9.53. The van der Waals surface area contributed by atoms with Gasteiger partial charge in [0.25, 0.3) is 12.0 Å². The number of para-hydroxylation sites is 1. The number of halogens is 2. The van der Waals surface area contributed by atoms with E-state index < -0.39 is 12.0 Å². The van der Waals surface area contributed by atoms with Crippen LogP contribution in [0.1, 0.15) is 11.4 Å². The second-order valence-corrected chi connectivity index (χ2v) is 9.53. The number of likely N-dealkylation sites (N-methyl/N-ethyl adjacent to an activating group) is 2. The Morgan fingerprint density at radius 3 is 2.62 bits per heavy atom. The number of aromatic nitrogens is 3. The van der Waals surface area contributed by atoms with E-state index in [-0.39, 0.29) is 6.08 Å². The summed E-state index contributed by atoms with van der Waals surface area (Å²) >= 11 is 0. The van der Waals surface area contributed by atoms with Crippen LogP contribution in [0.5, 0.6) is 5.75 Å². The van der Waals surface area contributed by atoms with Crippen molar-refractivity contribution in [2.45, 2.75) is 6.42 Å². The molecule has 2 heterocycles. The Bertz CT molecular complexity index is 1510. The maximum absolute atomic E-state index is 12.8. The molecule has 0 bridgehead atoms. The van der Waals surface area contributed by atoms with Crippen molar-refractivity contribution in [1.29, 1.82) is 0 Å². The predicted octanol–water partition coefficient (Wildman–Crippen LogP) is 4.95. The van der Waals surface area contributed by atoms with E-state index in [1.807, 2.05) is 62.4 Å². The summed E-state index contributed by atoms with van der Waals surface area (Å²) in [6, 6.07) is 13.5. The van der Waals surface area contributed by atoms with Gasteiger partial charge in [0.15, 0.2) is 0 Å². The third-order valence-corrected chi connectivity index (χ3v) is 6.42. The van der Waals surface area contributed by atoms with Crippen LogP contribution in [-0.2, 0) is 18.3 Å². The molecule has 0 unspecified atom stereocenters. The molecule has 0 spiro atoms. The normalized spacial score (nSPS) is 11.1. The van der Waals surface area contributed by atoms with Gasteiger partial charge in [0.1, 0.15) is 11.6 Å². The molecule has 0 aliphatic carbocycles. The van der Waals surface area contributed by atoms with Crippen LogP contribution in [0.4, 0.5) is 20.2 Å². The minimum Gasteiger partial charge on any atom is -0.496 e. The van der Waals surface area contributed by atoms with E-state index in [0.29, 0.717) is 41.5 Å². The van der Waals surface area contributed by atoms with Crippen LogP contribution in [0.3, 0.4) is 0 Å². The zero-order valence-corrected chi connectivity index (χ0v) is 22.7. The number of hydrogen-bond donors (Lipinski definition) is 1. The largest absolute Gasteiger partial charge is 0.496 e. The first-order valence-corrected chi connectivity index (χ1v) is 12.4. The summed E-state index contributed by atoms with van der Waals surface area (Å²) in [5.41, 5.74) is 4.62. The van der Waals surface area contributed by atoms with E-state index in [2.05, 4.69) is 27.0 Å². The molecule has 0 aliphatic heterocycles. The SMILES string of the molecule is COc1cc(N(C)CCN(C)C)c(NC(=O)C=C(F)F)cc1Cc1nccc(-c2cn(C)c3ccccc23)n1. The lowest BCUT2D eigenvalue weighted by atomic mass is 10.1. The van der Waals surface area contributed by atoms with Crippen molar-refractivity contribution in [3.63, 3.8) is 0 Å². The molecule has 2 aromatic heterocycles.